The topological polar surface area (TPSA) is 103 Å². The number of rotatable bonds is 6. The van der Waals surface area contributed by atoms with E-state index in [1.54, 1.807) is 30.9 Å². The summed E-state index contributed by atoms with van der Waals surface area (Å²) in [6, 6.07) is 3.54. The number of aromatic nitrogens is 2. The summed E-state index contributed by atoms with van der Waals surface area (Å²) in [4.78, 5) is 4.41. The zero-order valence-electron chi connectivity index (χ0n) is 11.5. The maximum absolute atomic E-state index is 9.64. The first kappa shape index (κ1) is 14.6. The zero-order valence-corrected chi connectivity index (χ0v) is 11.5. The van der Waals surface area contributed by atoms with E-state index in [1.807, 2.05) is 0 Å². The molecule has 0 aliphatic heterocycles. The summed E-state index contributed by atoms with van der Waals surface area (Å²) in [7, 11) is 3.11. The molecule has 0 amide bonds. The minimum Gasteiger partial charge on any atom is -0.493 e. The Kier molecular flexibility index (Phi) is 4.43. The van der Waals surface area contributed by atoms with Crippen LogP contribution < -0.4 is 15.2 Å². The molecule has 1 heterocycles. The number of benzene rings is 1. The normalized spacial score (nSPS) is 12.7. The van der Waals surface area contributed by atoms with Crippen molar-refractivity contribution in [2.75, 3.05) is 20.8 Å². The maximum atomic E-state index is 9.64. The van der Waals surface area contributed by atoms with Gasteiger partial charge < -0.3 is 30.0 Å². The molecule has 110 valence electrons. The lowest BCUT2D eigenvalue weighted by molar-refractivity contribution is 0.0814. The first-order chi connectivity index (χ1) is 9.64. The molecule has 1 aromatic heterocycles. The van der Waals surface area contributed by atoms with Gasteiger partial charge in [0.15, 0.2) is 11.5 Å². The number of aliphatic hydroxyl groups excluding tert-OH is 2. The first-order valence-electron chi connectivity index (χ1n) is 6.24. The predicted molar refractivity (Wildman–Crippen MR) is 73.8 cm³/mol. The summed E-state index contributed by atoms with van der Waals surface area (Å²) < 4.78 is 12.3. The van der Waals surface area contributed by atoms with Gasteiger partial charge in [0.1, 0.15) is 5.82 Å². The van der Waals surface area contributed by atoms with Crippen LogP contribution in [0.25, 0.3) is 11.0 Å². The molecule has 0 saturated carbocycles. The van der Waals surface area contributed by atoms with Crippen LogP contribution in [0.15, 0.2) is 12.1 Å². The van der Waals surface area contributed by atoms with Crippen LogP contribution in [0.1, 0.15) is 5.82 Å². The second kappa shape index (κ2) is 6.08. The number of fused-ring (bicyclic) bond motifs is 1. The van der Waals surface area contributed by atoms with E-state index in [1.165, 1.54) is 0 Å². The number of nitrogens with zero attached hydrogens (tertiary/aromatic N) is 2. The number of hydrogen-bond donors (Lipinski definition) is 3. The molecule has 1 unspecified atom stereocenters. The van der Waals surface area contributed by atoms with Gasteiger partial charge in [-0.05, 0) is 0 Å². The van der Waals surface area contributed by atoms with Crippen LogP contribution in [-0.2, 0) is 13.1 Å². The molecule has 0 fully saturated rings. The third kappa shape index (κ3) is 2.55. The molecule has 7 nitrogen and oxygen atoms in total. The van der Waals surface area contributed by atoms with Crippen LogP contribution in [0.3, 0.4) is 0 Å². The maximum Gasteiger partial charge on any atom is 0.163 e. The Morgan fingerprint density at radius 2 is 1.95 bits per heavy atom. The second-order valence-electron chi connectivity index (χ2n) is 4.38. The highest BCUT2D eigenvalue weighted by Gasteiger charge is 2.16. The number of hydrogen-bond acceptors (Lipinski definition) is 6. The van der Waals surface area contributed by atoms with Crippen LogP contribution in [0.4, 0.5) is 0 Å². The molecule has 0 aliphatic rings. The molecule has 20 heavy (non-hydrogen) atoms. The fraction of sp³-hybridized carbons (Fsp3) is 0.462. The van der Waals surface area contributed by atoms with Crippen molar-refractivity contribution in [2.45, 2.75) is 19.2 Å². The van der Waals surface area contributed by atoms with E-state index in [2.05, 4.69) is 4.98 Å². The van der Waals surface area contributed by atoms with Gasteiger partial charge >= 0.3 is 0 Å². The summed E-state index contributed by atoms with van der Waals surface area (Å²) in [5.74, 6) is 1.78. The highest BCUT2D eigenvalue weighted by molar-refractivity contribution is 5.80. The quantitative estimate of drug-likeness (QED) is 0.681. The second-order valence-corrected chi connectivity index (χ2v) is 4.38. The van der Waals surface area contributed by atoms with Crippen molar-refractivity contribution in [1.82, 2.24) is 9.55 Å². The molecule has 0 saturated heterocycles. The average Bonchev–Trinajstić information content (AvgIpc) is 2.82. The van der Waals surface area contributed by atoms with Crippen LogP contribution in [0, 0.1) is 0 Å². The number of nitrogens with two attached hydrogens (primary N) is 1. The minimum atomic E-state index is -0.870. The van der Waals surface area contributed by atoms with Gasteiger partial charge in [-0.15, -0.1) is 0 Å². The SMILES string of the molecule is COc1cc2nc(CN)n(CC(O)CO)c2cc1OC. The van der Waals surface area contributed by atoms with Gasteiger partial charge in [0, 0.05) is 12.1 Å². The molecule has 7 heteroatoms. The number of imidazole rings is 1. The summed E-state index contributed by atoms with van der Waals surface area (Å²) >= 11 is 0. The fourth-order valence-electron chi connectivity index (χ4n) is 2.13. The smallest absolute Gasteiger partial charge is 0.163 e. The Morgan fingerprint density at radius 3 is 2.50 bits per heavy atom. The number of ether oxygens (including phenoxy) is 2. The van der Waals surface area contributed by atoms with E-state index in [0.29, 0.717) is 22.8 Å². The Hall–Kier alpha value is -1.83. The molecular weight excluding hydrogens is 262 g/mol. The average molecular weight is 281 g/mol. The highest BCUT2D eigenvalue weighted by Crippen LogP contribution is 2.32. The van der Waals surface area contributed by atoms with Gasteiger partial charge in [0.25, 0.3) is 0 Å². The van der Waals surface area contributed by atoms with Crippen molar-refractivity contribution in [2.24, 2.45) is 5.73 Å². The van der Waals surface area contributed by atoms with E-state index in [9.17, 15) is 5.11 Å². The zero-order chi connectivity index (χ0) is 14.7. The van der Waals surface area contributed by atoms with E-state index in [0.717, 1.165) is 5.52 Å². The standard InChI is InChI=1S/C13H19N3O4/c1-19-11-3-9-10(4-12(11)20-2)16(6-8(18)7-17)13(5-14)15-9/h3-4,8,17-18H,5-7,14H2,1-2H3. The van der Waals surface area contributed by atoms with Crippen LogP contribution in [0.5, 0.6) is 11.5 Å². The van der Waals surface area contributed by atoms with E-state index >= 15 is 0 Å². The summed E-state index contributed by atoms with van der Waals surface area (Å²) in [6.45, 7) is 0.128. The summed E-state index contributed by atoms with van der Waals surface area (Å²) in [5.41, 5.74) is 7.16. The Balaban J connectivity index is 2.59. The molecular formula is C13H19N3O4. The molecule has 2 aromatic rings. The molecule has 0 aliphatic carbocycles. The lowest BCUT2D eigenvalue weighted by atomic mass is 10.2. The Bertz CT molecular complexity index is 597. The van der Waals surface area contributed by atoms with Crippen molar-refractivity contribution < 1.29 is 19.7 Å². The van der Waals surface area contributed by atoms with Crippen molar-refractivity contribution in [1.29, 1.82) is 0 Å². The minimum absolute atomic E-state index is 0.217. The lowest BCUT2D eigenvalue weighted by Gasteiger charge is -2.13. The molecule has 1 atom stereocenters. The lowest BCUT2D eigenvalue weighted by Crippen LogP contribution is -2.22. The molecule has 4 N–H and O–H groups in total. The number of methoxy groups -OCH3 is 2. The van der Waals surface area contributed by atoms with Crippen molar-refractivity contribution in [3.63, 3.8) is 0 Å². The van der Waals surface area contributed by atoms with E-state index in [-0.39, 0.29) is 19.7 Å². The molecule has 2 rings (SSSR count). The van der Waals surface area contributed by atoms with Gasteiger partial charge in [-0.25, -0.2) is 4.98 Å². The first-order valence-corrected chi connectivity index (χ1v) is 6.24. The molecule has 0 radical (unpaired) electrons. The third-order valence-corrected chi connectivity index (χ3v) is 3.12. The molecule has 1 aromatic carbocycles. The monoisotopic (exact) mass is 281 g/mol. The van der Waals surface area contributed by atoms with Crippen LogP contribution in [0.2, 0.25) is 0 Å². The fourth-order valence-corrected chi connectivity index (χ4v) is 2.13. The largest absolute Gasteiger partial charge is 0.493 e. The highest BCUT2D eigenvalue weighted by atomic mass is 16.5. The summed E-state index contributed by atoms with van der Waals surface area (Å²) in [5, 5.41) is 18.6. The summed E-state index contributed by atoms with van der Waals surface area (Å²) in [6.07, 6.45) is -0.870. The van der Waals surface area contributed by atoms with Gasteiger partial charge in [-0.1, -0.05) is 0 Å². The van der Waals surface area contributed by atoms with Gasteiger partial charge in [0.05, 0.1) is 51.1 Å². The van der Waals surface area contributed by atoms with Crippen molar-refractivity contribution in [3.05, 3.63) is 18.0 Å². The van der Waals surface area contributed by atoms with Crippen molar-refractivity contribution >= 4 is 11.0 Å². The molecule has 0 bridgehead atoms. The van der Waals surface area contributed by atoms with Gasteiger partial charge in [0.2, 0.25) is 0 Å². The third-order valence-electron chi connectivity index (χ3n) is 3.12. The van der Waals surface area contributed by atoms with Gasteiger partial charge in [-0.2, -0.15) is 0 Å². The van der Waals surface area contributed by atoms with Gasteiger partial charge in [-0.3, -0.25) is 0 Å². The van der Waals surface area contributed by atoms with E-state index in [4.69, 9.17) is 20.3 Å². The number of aliphatic hydroxyl groups is 2. The Labute approximate surface area is 116 Å². The Morgan fingerprint density at radius 1 is 1.30 bits per heavy atom. The van der Waals surface area contributed by atoms with Crippen LogP contribution in [-0.4, -0.2) is 46.7 Å². The van der Waals surface area contributed by atoms with Crippen LogP contribution >= 0.6 is 0 Å². The molecule has 0 spiro atoms. The van der Waals surface area contributed by atoms with Crippen molar-refractivity contribution in [3.8, 4) is 11.5 Å². The van der Waals surface area contributed by atoms with E-state index < -0.39 is 6.10 Å². The predicted octanol–water partition coefficient (Wildman–Crippen LogP) is -0.135.